The number of nitrogens with zero attached hydrogens (tertiary/aromatic N) is 1. The molecule has 0 fully saturated rings. The molecular formula is C17H18N2O. The van der Waals surface area contributed by atoms with E-state index in [9.17, 15) is 0 Å². The summed E-state index contributed by atoms with van der Waals surface area (Å²) in [5.41, 5.74) is 4.42. The topological polar surface area (TPSA) is 37.9 Å². The maximum Gasteiger partial charge on any atom is 0.153 e. The highest BCUT2D eigenvalue weighted by Gasteiger charge is 2.13. The van der Waals surface area contributed by atoms with E-state index in [-0.39, 0.29) is 6.10 Å². The average Bonchev–Trinajstić information content (AvgIpc) is 2.88. The number of hydrogen-bond donors (Lipinski definition) is 1. The van der Waals surface area contributed by atoms with Crippen LogP contribution in [0.4, 0.5) is 0 Å². The van der Waals surface area contributed by atoms with Crippen molar-refractivity contribution in [2.45, 2.75) is 26.9 Å². The van der Waals surface area contributed by atoms with E-state index in [1.165, 1.54) is 11.1 Å². The van der Waals surface area contributed by atoms with Gasteiger partial charge in [-0.2, -0.15) is 0 Å². The zero-order valence-corrected chi connectivity index (χ0v) is 12.0. The molecule has 20 heavy (non-hydrogen) atoms. The number of para-hydroxylation sites is 2. The first-order valence-corrected chi connectivity index (χ1v) is 6.82. The molecule has 1 N–H and O–H groups in total. The number of hydrogen-bond acceptors (Lipinski definition) is 2. The fourth-order valence-electron chi connectivity index (χ4n) is 2.26. The molecule has 2 aromatic carbocycles. The van der Waals surface area contributed by atoms with Crippen LogP contribution in [0, 0.1) is 13.8 Å². The van der Waals surface area contributed by atoms with E-state index in [0.717, 1.165) is 22.6 Å². The number of ether oxygens (including phenoxy) is 1. The van der Waals surface area contributed by atoms with Gasteiger partial charge in [-0.15, -0.1) is 0 Å². The highest BCUT2D eigenvalue weighted by atomic mass is 16.5. The summed E-state index contributed by atoms with van der Waals surface area (Å²) in [6.45, 7) is 6.18. The molecule has 102 valence electrons. The van der Waals surface area contributed by atoms with E-state index in [4.69, 9.17) is 4.74 Å². The number of aromatic nitrogens is 2. The molecule has 0 aliphatic heterocycles. The quantitative estimate of drug-likeness (QED) is 0.766. The van der Waals surface area contributed by atoms with E-state index in [1.807, 2.05) is 43.3 Å². The molecule has 0 aliphatic rings. The van der Waals surface area contributed by atoms with Crippen molar-refractivity contribution >= 4 is 11.0 Å². The fourth-order valence-corrected chi connectivity index (χ4v) is 2.26. The van der Waals surface area contributed by atoms with E-state index in [0.29, 0.717) is 0 Å². The summed E-state index contributed by atoms with van der Waals surface area (Å²) < 4.78 is 6.05. The predicted octanol–water partition coefficient (Wildman–Crippen LogP) is 4.32. The Kier molecular flexibility index (Phi) is 3.18. The van der Waals surface area contributed by atoms with Gasteiger partial charge in [0.15, 0.2) is 6.10 Å². The number of rotatable bonds is 3. The van der Waals surface area contributed by atoms with E-state index in [2.05, 4.69) is 29.9 Å². The van der Waals surface area contributed by atoms with Gasteiger partial charge >= 0.3 is 0 Å². The molecule has 0 bridgehead atoms. The van der Waals surface area contributed by atoms with Crippen molar-refractivity contribution in [3.8, 4) is 5.75 Å². The second kappa shape index (κ2) is 5.00. The maximum atomic E-state index is 6.05. The van der Waals surface area contributed by atoms with Crippen LogP contribution in [0.15, 0.2) is 42.5 Å². The first-order valence-electron chi connectivity index (χ1n) is 6.82. The summed E-state index contributed by atoms with van der Waals surface area (Å²) >= 11 is 0. The molecule has 0 radical (unpaired) electrons. The monoisotopic (exact) mass is 266 g/mol. The summed E-state index contributed by atoms with van der Waals surface area (Å²) in [6.07, 6.45) is -0.108. The number of nitrogens with one attached hydrogen (secondary N) is 1. The molecule has 3 aromatic rings. The number of benzene rings is 2. The van der Waals surface area contributed by atoms with Crippen LogP contribution in [0.5, 0.6) is 5.75 Å². The summed E-state index contributed by atoms with van der Waals surface area (Å²) in [4.78, 5) is 7.89. The molecule has 3 heteroatoms. The van der Waals surface area contributed by atoms with Crippen molar-refractivity contribution in [2.75, 3.05) is 0 Å². The highest BCUT2D eigenvalue weighted by molar-refractivity contribution is 5.74. The summed E-state index contributed by atoms with van der Waals surface area (Å²) in [5.74, 6) is 1.77. The van der Waals surface area contributed by atoms with E-state index in [1.54, 1.807) is 0 Å². The minimum Gasteiger partial charge on any atom is -0.483 e. The Bertz CT molecular complexity index is 713. The lowest BCUT2D eigenvalue weighted by atomic mass is 10.1. The smallest absolute Gasteiger partial charge is 0.153 e. The number of H-pyrrole nitrogens is 1. The molecule has 1 atom stereocenters. The molecule has 0 aliphatic carbocycles. The van der Waals surface area contributed by atoms with Crippen molar-refractivity contribution in [1.82, 2.24) is 9.97 Å². The normalized spacial score (nSPS) is 12.6. The van der Waals surface area contributed by atoms with Crippen molar-refractivity contribution in [3.05, 3.63) is 59.4 Å². The van der Waals surface area contributed by atoms with Gasteiger partial charge in [-0.25, -0.2) is 4.98 Å². The molecule has 3 nitrogen and oxygen atoms in total. The first kappa shape index (κ1) is 12.7. The Morgan fingerprint density at radius 1 is 1.05 bits per heavy atom. The largest absolute Gasteiger partial charge is 0.483 e. The van der Waals surface area contributed by atoms with Crippen LogP contribution in [0.1, 0.15) is 30.0 Å². The van der Waals surface area contributed by atoms with Crippen molar-refractivity contribution in [1.29, 1.82) is 0 Å². The molecule has 3 rings (SSSR count). The third-order valence-corrected chi connectivity index (χ3v) is 3.65. The minimum absolute atomic E-state index is 0.108. The average molecular weight is 266 g/mol. The molecule has 0 amide bonds. The van der Waals surface area contributed by atoms with Crippen molar-refractivity contribution in [2.24, 2.45) is 0 Å². The molecular weight excluding hydrogens is 248 g/mol. The lowest BCUT2D eigenvalue weighted by molar-refractivity contribution is 0.216. The van der Waals surface area contributed by atoms with Gasteiger partial charge in [0, 0.05) is 0 Å². The predicted molar refractivity (Wildman–Crippen MR) is 81.1 cm³/mol. The van der Waals surface area contributed by atoms with Crippen LogP contribution in [-0.2, 0) is 0 Å². The number of aromatic amines is 1. The zero-order valence-electron chi connectivity index (χ0n) is 12.0. The molecule has 1 heterocycles. The van der Waals surface area contributed by atoms with Gasteiger partial charge in [0.2, 0.25) is 0 Å². The summed E-state index contributed by atoms with van der Waals surface area (Å²) in [7, 11) is 0. The van der Waals surface area contributed by atoms with Crippen LogP contribution in [-0.4, -0.2) is 9.97 Å². The molecule has 0 saturated heterocycles. The van der Waals surface area contributed by atoms with Gasteiger partial charge < -0.3 is 9.72 Å². The Morgan fingerprint density at radius 3 is 2.65 bits per heavy atom. The van der Waals surface area contributed by atoms with Gasteiger partial charge in [0.25, 0.3) is 0 Å². The summed E-state index contributed by atoms with van der Waals surface area (Å²) in [6, 6.07) is 14.1. The van der Waals surface area contributed by atoms with Gasteiger partial charge in [-0.3, -0.25) is 0 Å². The highest BCUT2D eigenvalue weighted by Crippen LogP contribution is 2.26. The van der Waals surface area contributed by atoms with Crippen LogP contribution >= 0.6 is 0 Å². The Balaban J connectivity index is 1.89. The third kappa shape index (κ3) is 2.27. The van der Waals surface area contributed by atoms with Crippen molar-refractivity contribution < 1.29 is 4.74 Å². The SMILES string of the molecule is Cc1cccc(O[C@H](C)c2nc3ccccc3[nH]2)c1C. The summed E-state index contributed by atoms with van der Waals surface area (Å²) in [5, 5.41) is 0. The minimum atomic E-state index is -0.108. The Hall–Kier alpha value is -2.29. The van der Waals surface area contributed by atoms with Crippen LogP contribution in [0.3, 0.4) is 0 Å². The molecule has 0 saturated carbocycles. The maximum absolute atomic E-state index is 6.05. The van der Waals surface area contributed by atoms with Gasteiger partial charge in [0.05, 0.1) is 11.0 Å². The number of fused-ring (bicyclic) bond motifs is 1. The second-order valence-corrected chi connectivity index (χ2v) is 5.10. The van der Waals surface area contributed by atoms with E-state index >= 15 is 0 Å². The lowest BCUT2D eigenvalue weighted by Gasteiger charge is -2.15. The zero-order chi connectivity index (χ0) is 14.1. The van der Waals surface area contributed by atoms with Gasteiger partial charge in [0.1, 0.15) is 11.6 Å². The molecule has 0 spiro atoms. The van der Waals surface area contributed by atoms with Crippen molar-refractivity contribution in [3.63, 3.8) is 0 Å². The van der Waals surface area contributed by atoms with Gasteiger partial charge in [-0.05, 0) is 50.1 Å². The lowest BCUT2D eigenvalue weighted by Crippen LogP contribution is -2.06. The Morgan fingerprint density at radius 2 is 1.85 bits per heavy atom. The third-order valence-electron chi connectivity index (χ3n) is 3.65. The van der Waals surface area contributed by atoms with Crippen LogP contribution < -0.4 is 4.74 Å². The van der Waals surface area contributed by atoms with Crippen LogP contribution in [0.2, 0.25) is 0 Å². The number of aryl methyl sites for hydroxylation is 1. The Labute approximate surface area is 118 Å². The molecule has 1 aromatic heterocycles. The number of imidazole rings is 1. The second-order valence-electron chi connectivity index (χ2n) is 5.10. The first-order chi connectivity index (χ1) is 9.65. The molecule has 0 unspecified atom stereocenters. The van der Waals surface area contributed by atoms with Crippen LogP contribution in [0.25, 0.3) is 11.0 Å². The van der Waals surface area contributed by atoms with Gasteiger partial charge in [-0.1, -0.05) is 24.3 Å². The standard InChI is InChI=1S/C17H18N2O/c1-11-7-6-10-16(12(11)2)20-13(3)17-18-14-8-4-5-9-15(14)19-17/h4-10,13H,1-3H3,(H,18,19)/t13-/m1/s1. The fraction of sp³-hybridized carbons (Fsp3) is 0.235. The van der Waals surface area contributed by atoms with E-state index < -0.39 is 0 Å².